The minimum atomic E-state index is -1.17. The van der Waals surface area contributed by atoms with Crippen molar-refractivity contribution in [3.8, 4) is 0 Å². The molecule has 0 aromatic rings. The SMILES string of the molecule is ClC1(Cl)N=CN=C1Br. The first kappa shape index (κ1) is 6.52. The first-order valence-electron chi connectivity index (χ1n) is 1.78. The Balaban J connectivity index is 2.87. The molecule has 0 N–H and O–H groups in total. The molecule has 0 saturated heterocycles. The Labute approximate surface area is 64.7 Å². The van der Waals surface area contributed by atoms with Crippen molar-refractivity contribution in [1.82, 2.24) is 0 Å². The fourth-order valence-corrected chi connectivity index (χ4v) is 0.662. The zero-order valence-electron chi connectivity index (χ0n) is 3.61. The first-order valence-corrected chi connectivity index (χ1v) is 3.33. The molecule has 0 fully saturated rings. The monoisotopic (exact) mass is 214 g/mol. The summed E-state index contributed by atoms with van der Waals surface area (Å²) in [5.74, 6) is 0. The molecule has 0 amide bonds. The van der Waals surface area contributed by atoms with Gasteiger partial charge >= 0.3 is 0 Å². The normalized spacial score (nSPS) is 23.6. The van der Waals surface area contributed by atoms with E-state index in [1.54, 1.807) is 0 Å². The molecule has 0 atom stereocenters. The van der Waals surface area contributed by atoms with E-state index in [-0.39, 0.29) is 0 Å². The van der Waals surface area contributed by atoms with Crippen molar-refractivity contribution in [2.24, 2.45) is 9.98 Å². The molecule has 0 spiro atoms. The van der Waals surface area contributed by atoms with E-state index in [0.29, 0.717) is 4.62 Å². The van der Waals surface area contributed by atoms with Gasteiger partial charge in [0.1, 0.15) is 11.0 Å². The lowest BCUT2D eigenvalue weighted by Gasteiger charge is -2.03. The summed E-state index contributed by atoms with van der Waals surface area (Å²) in [4.78, 5) is 7.27. The fraction of sp³-hybridized carbons (Fsp3) is 0.333. The van der Waals surface area contributed by atoms with Gasteiger partial charge in [-0.2, -0.15) is 0 Å². The minimum absolute atomic E-state index is 0.438. The van der Waals surface area contributed by atoms with E-state index in [1.165, 1.54) is 6.34 Å². The van der Waals surface area contributed by atoms with Gasteiger partial charge in [-0.15, -0.1) is 0 Å². The van der Waals surface area contributed by atoms with Crippen molar-refractivity contribution in [1.29, 1.82) is 0 Å². The lowest BCUT2D eigenvalue weighted by Crippen LogP contribution is -2.12. The van der Waals surface area contributed by atoms with Crippen LogP contribution in [0.5, 0.6) is 0 Å². The Morgan fingerprint density at radius 2 is 2.25 bits per heavy atom. The Morgan fingerprint density at radius 1 is 1.62 bits per heavy atom. The maximum absolute atomic E-state index is 5.51. The van der Waals surface area contributed by atoms with Gasteiger partial charge in [-0.1, -0.05) is 23.2 Å². The van der Waals surface area contributed by atoms with Gasteiger partial charge in [-0.05, 0) is 15.9 Å². The maximum Gasteiger partial charge on any atom is 0.258 e. The quantitative estimate of drug-likeness (QED) is 0.436. The predicted molar refractivity (Wildman–Crippen MR) is 39.3 cm³/mol. The molecule has 5 heteroatoms. The Hall–Kier alpha value is 0.400. The predicted octanol–water partition coefficient (Wildman–Crippen LogP) is 1.95. The van der Waals surface area contributed by atoms with E-state index in [2.05, 4.69) is 25.9 Å². The van der Waals surface area contributed by atoms with Gasteiger partial charge in [0.2, 0.25) is 0 Å². The zero-order valence-corrected chi connectivity index (χ0v) is 6.70. The molecule has 0 unspecified atom stereocenters. The van der Waals surface area contributed by atoms with Crippen LogP contribution in [0.15, 0.2) is 9.98 Å². The molecule has 1 aliphatic heterocycles. The third kappa shape index (κ3) is 1.04. The zero-order chi connectivity index (χ0) is 6.20. The molecular formula is C3HBrCl2N2. The van der Waals surface area contributed by atoms with Gasteiger partial charge in [-0.3, -0.25) is 0 Å². The molecular weight excluding hydrogens is 215 g/mol. The van der Waals surface area contributed by atoms with Crippen molar-refractivity contribution in [3.63, 3.8) is 0 Å². The number of halogens is 3. The van der Waals surface area contributed by atoms with Crippen LogP contribution in [-0.4, -0.2) is 15.4 Å². The average molecular weight is 216 g/mol. The molecule has 1 rings (SSSR count). The van der Waals surface area contributed by atoms with Gasteiger partial charge in [0.05, 0.1) is 0 Å². The average Bonchev–Trinajstić information content (AvgIpc) is 1.86. The number of rotatable bonds is 0. The van der Waals surface area contributed by atoms with Crippen molar-refractivity contribution in [3.05, 3.63) is 0 Å². The summed E-state index contributed by atoms with van der Waals surface area (Å²) in [6.07, 6.45) is 1.31. The second-order valence-corrected chi connectivity index (χ2v) is 3.24. The Bertz CT molecular complexity index is 163. The highest BCUT2D eigenvalue weighted by Crippen LogP contribution is 2.29. The molecule has 0 bridgehead atoms. The summed E-state index contributed by atoms with van der Waals surface area (Å²) in [7, 11) is 0. The molecule has 1 aliphatic rings. The fourth-order valence-electron chi connectivity index (χ4n) is 0.283. The molecule has 0 aliphatic carbocycles. The number of alkyl halides is 2. The molecule has 44 valence electrons. The van der Waals surface area contributed by atoms with E-state index >= 15 is 0 Å². The van der Waals surface area contributed by atoms with Crippen LogP contribution < -0.4 is 0 Å². The maximum atomic E-state index is 5.51. The van der Waals surface area contributed by atoms with E-state index in [9.17, 15) is 0 Å². The van der Waals surface area contributed by atoms with E-state index in [1.807, 2.05) is 0 Å². The van der Waals surface area contributed by atoms with Gasteiger partial charge in [0.25, 0.3) is 4.46 Å². The van der Waals surface area contributed by atoms with Crippen LogP contribution in [0.25, 0.3) is 0 Å². The highest BCUT2D eigenvalue weighted by atomic mass is 79.9. The third-order valence-corrected chi connectivity index (χ3v) is 2.43. The number of hydrogen-bond donors (Lipinski definition) is 0. The molecule has 2 nitrogen and oxygen atoms in total. The molecule has 0 aromatic heterocycles. The molecule has 0 saturated carbocycles. The molecule has 0 radical (unpaired) electrons. The van der Waals surface area contributed by atoms with Gasteiger partial charge in [0, 0.05) is 0 Å². The van der Waals surface area contributed by atoms with E-state index < -0.39 is 4.46 Å². The van der Waals surface area contributed by atoms with Crippen molar-refractivity contribution in [2.45, 2.75) is 4.46 Å². The lowest BCUT2D eigenvalue weighted by molar-refractivity contribution is 1.16. The van der Waals surface area contributed by atoms with Crippen molar-refractivity contribution in [2.75, 3.05) is 0 Å². The van der Waals surface area contributed by atoms with Crippen molar-refractivity contribution >= 4 is 50.1 Å². The highest BCUT2D eigenvalue weighted by Gasteiger charge is 2.30. The Morgan fingerprint density at radius 3 is 2.38 bits per heavy atom. The van der Waals surface area contributed by atoms with Crippen LogP contribution in [0.2, 0.25) is 0 Å². The van der Waals surface area contributed by atoms with Crippen LogP contribution >= 0.6 is 39.1 Å². The molecule has 8 heavy (non-hydrogen) atoms. The third-order valence-electron chi connectivity index (χ3n) is 0.639. The van der Waals surface area contributed by atoms with E-state index in [4.69, 9.17) is 23.2 Å². The summed E-state index contributed by atoms with van der Waals surface area (Å²) in [6.45, 7) is 0. The van der Waals surface area contributed by atoms with Crippen LogP contribution in [0.3, 0.4) is 0 Å². The van der Waals surface area contributed by atoms with Crippen LogP contribution in [-0.2, 0) is 0 Å². The summed E-state index contributed by atoms with van der Waals surface area (Å²) in [5.41, 5.74) is 0. The van der Waals surface area contributed by atoms with Crippen molar-refractivity contribution < 1.29 is 0 Å². The summed E-state index contributed by atoms with van der Waals surface area (Å²) < 4.78 is -0.728. The summed E-state index contributed by atoms with van der Waals surface area (Å²) in [6, 6.07) is 0. The molecule has 0 aromatic carbocycles. The van der Waals surface area contributed by atoms with Crippen LogP contribution in [0.1, 0.15) is 0 Å². The van der Waals surface area contributed by atoms with E-state index in [0.717, 1.165) is 0 Å². The number of nitrogens with zero attached hydrogens (tertiary/aromatic N) is 2. The van der Waals surface area contributed by atoms with Gasteiger partial charge in [-0.25, -0.2) is 9.98 Å². The number of aliphatic imine (C=N–C) groups is 2. The standard InChI is InChI=1S/C3HBrCl2N2/c4-2-3(5,6)8-1-7-2/h1H. The van der Waals surface area contributed by atoms with Gasteiger partial charge in [0.15, 0.2) is 0 Å². The summed E-state index contributed by atoms with van der Waals surface area (Å²) in [5, 5.41) is 0. The van der Waals surface area contributed by atoms with Crippen LogP contribution in [0, 0.1) is 0 Å². The largest absolute Gasteiger partial charge is 0.258 e. The van der Waals surface area contributed by atoms with Gasteiger partial charge < -0.3 is 0 Å². The molecule has 1 heterocycles. The first-order chi connectivity index (χ1) is 3.63. The summed E-state index contributed by atoms with van der Waals surface area (Å²) >= 11 is 14.0. The number of hydrogen-bond acceptors (Lipinski definition) is 2. The minimum Gasteiger partial charge on any atom is -0.229 e. The lowest BCUT2D eigenvalue weighted by atomic mass is 10.7. The van der Waals surface area contributed by atoms with Crippen LogP contribution in [0.4, 0.5) is 0 Å². The Kier molecular flexibility index (Phi) is 1.61. The second-order valence-electron chi connectivity index (χ2n) is 1.21. The highest BCUT2D eigenvalue weighted by molar-refractivity contribution is 9.18. The topological polar surface area (TPSA) is 24.7 Å². The smallest absolute Gasteiger partial charge is 0.229 e. The second kappa shape index (κ2) is 1.97.